The fourth-order valence-electron chi connectivity index (χ4n) is 2.81. The van der Waals surface area contributed by atoms with Crippen molar-refractivity contribution in [1.82, 2.24) is 0 Å². The minimum atomic E-state index is -4.77. The van der Waals surface area contributed by atoms with E-state index >= 15 is 0 Å². The van der Waals surface area contributed by atoms with E-state index in [0.717, 1.165) is 17.7 Å². The number of ether oxygens (including phenoxy) is 3. The second kappa shape index (κ2) is 9.91. The summed E-state index contributed by atoms with van der Waals surface area (Å²) >= 11 is 0. The third-order valence-electron chi connectivity index (χ3n) is 4.34. The van der Waals surface area contributed by atoms with Gasteiger partial charge in [0.2, 0.25) is 0 Å². The minimum absolute atomic E-state index is 0.0192. The van der Waals surface area contributed by atoms with Crippen molar-refractivity contribution in [3.8, 4) is 23.0 Å². The summed E-state index contributed by atoms with van der Waals surface area (Å²) in [5.74, 6) is -0.241. The number of allylic oxidation sites excluding steroid dienone is 1. The van der Waals surface area contributed by atoms with Gasteiger partial charge in [-0.05, 0) is 53.6 Å². The van der Waals surface area contributed by atoms with E-state index in [2.05, 4.69) is 4.74 Å². The number of carbonyl (C=O) groups is 1. The van der Waals surface area contributed by atoms with Crippen LogP contribution in [0.5, 0.6) is 23.0 Å². The summed E-state index contributed by atoms with van der Waals surface area (Å²) in [6, 6.07) is 16.6. The Labute approximate surface area is 182 Å². The van der Waals surface area contributed by atoms with E-state index in [4.69, 9.17) is 9.47 Å². The van der Waals surface area contributed by atoms with Gasteiger partial charge in [0.1, 0.15) is 35.2 Å². The number of methoxy groups -OCH3 is 1. The van der Waals surface area contributed by atoms with Crippen LogP contribution < -0.4 is 14.2 Å². The quantitative estimate of drug-likeness (QED) is 0.353. The van der Waals surface area contributed by atoms with Gasteiger partial charge in [0.05, 0.1) is 7.11 Å². The molecular weight excluding hydrogens is 425 g/mol. The fourth-order valence-corrected chi connectivity index (χ4v) is 2.81. The molecule has 32 heavy (non-hydrogen) atoms. The van der Waals surface area contributed by atoms with Crippen LogP contribution in [-0.4, -0.2) is 24.4 Å². The highest BCUT2D eigenvalue weighted by Gasteiger charge is 2.30. The van der Waals surface area contributed by atoms with Crippen LogP contribution in [0.25, 0.3) is 6.08 Å². The van der Waals surface area contributed by atoms with E-state index in [1.807, 2.05) is 0 Å². The number of carbonyl (C=O) groups excluding carboxylic acids is 1. The first-order valence-electron chi connectivity index (χ1n) is 9.41. The third kappa shape index (κ3) is 6.28. The zero-order valence-corrected chi connectivity index (χ0v) is 16.9. The highest BCUT2D eigenvalue weighted by atomic mass is 19.4. The van der Waals surface area contributed by atoms with Gasteiger partial charge in [-0.1, -0.05) is 36.4 Å². The van der Waals surface area contributed by atoms with E-state index < -0.39 is 12.1 Å². The van der Waals surface area contributed by atoms with Crippen LogP contribution in [0.1, 0.15) is 21.5 Å². The van der Waals surface area contributed by atoms with Crippen molar-refractivity contribution in [2.45, 2.75) is 13.0 Å². The van der Waals surface area contributed by atoms with Gasteiger partial charge in [0.15, 0.2) is 5.78 Å². The van der Waals surface area contributed by atoms with E-state index in [-0.39, 0.29) is 29.4 Å². The van der Waals surface area contributed by atoms with Gasteiger partial charge < -0.3 is 19.3 Å². The molecular formula is C24H19F3O5. The third-order valence-corrected chi connectivity index (χ3v) is 4.34. The average molecular weight is 444 g/mol. The first-order chi connectivity index (χ1) is 15.2. The second-order valence-electron chi connectivity index (χ2n) is 6.60. The largest absolute Gasteiger partial charge is 0.573 e. The molecule has 5 nitrogen and oxygen atoms in total. The molecule has 0 spiro atoms. The summed E-state index contributed by atoms with van der Waals surface area (Å²) in [6.07, 6.45) is -1.86. The van der Waals surface area contributed by atoms with E-state index in [0.29, 0.717) is 11.3 Å². The lowest BCUT2D eigenvalue weighted by atomic mass is 10.1. The van der Waals surface area contributed by atoms with E-state index in [9.17, 15) is 23.1 Å². The monoisotopic (exact) mass is 444 g/mol. The van der Waals surface area contributed by atoms with Crippen molar-refractivity contribution >= 4 is 11.9 Å². The first kappa shape index (κ1) is 22.7. The van der Waals surface area contributed by atoms with E-state index in [1.165, 1.54) is 36.4 Å². The van der Waals surface area contributed by atoms with Crippen molar-refractivity contribution in [1.29, 1.82) is 0 Å². The molecule has 0 aliphatic carbocycles. The summed E-state index contributed by atoms with van der Waals surface area (Å²) in [4.78, 5) is 12.7. The van der Waals surface area contributed by atoms with E-state index in [1.54, 1.807) is 37.5 Å². The van der Waals surface area contributed by atoms with Crippen LogP contribution in [0.4, 0.5) is 13.2 Å². The molecule has 1 N–H and O–H groups in total. The van der Waals surface area contributed by atoms with Crippen LogP contribution >= 0.6 is 0 Å². The summed E-state index contributed by atoms with van der Waals surface area (Å²) in [5.41, 5.74) is 1.29. The lowest BCUT2D eigenvalue weighted by molar-refractivity contribution is -0.274. The Balaban J connectivity index is 1.71. The number of rotatable bonds is 8. The maximum Gasteiger partial charge on any atom is 0.573 e. The van der Waals surface area contributed by atoms with Gasteiger partial charge in [-0.3, -0.25) is 4.79 Å². The summed E-state index contributed by atoms with van der Waals surface area (Å²) in [5, 5.41) is 10.2. The minimum Gasteiger partial charge on any atom is -0.507 e. The van der Waals surface area contributed by atoms with Crippen LogP contribution in [0.3, 0.4) is 0 Å². The predicted molar refractivity (Wildman–Crippen MR) is 112 cm³/mol. The number of ketones is 1. The molecule has 8 heteroatoms. The molecule has 0 saturated heterocycles. The Kier molecular flexibility index (Phi) is 7.04. The highest BCUT2D eigenvalue weighted by Crippen LogP contribution is 2.30. The molecule has 0 radical (unpaired) electrons. The number of benzene rings is 3. The Morgan fingerprint density at radius 2 is 1.62 bits per heavy atom. The molecule has 0 aliphatic heterocycles. The number of phenols is 1. The van der Waals surface area contributed by atoms with Gasteiger partial charge >= 0.3 is 6.36 Å². The molecule has 0 aromatic heterocycles. The van der Waals surface area contributed by atoms with Crippen LogP contribution in [0.2, 0.25) is 0 Å². The maximum atomic E-state index is 12.7. The van der Waals surface area contributed by atoms with Crippen molar-refractivity contribution < 1.29 is 37.3 Å². The number of phenolic OH excluding ortho intramolecular Hbond substituents is 1. The topological polar surface area (TPSA) is 65.0 Å². The zero-order chi connectivity index (χ0) is 23.1. The van der Waals surface area contributed by atoms with Crippen LogP contribution in [0, 0.1) is 0 Å². The molecule has 0 aliphatic rings. The number of halogens is 3. The lowest BCUT2D eigenvalue weighted by Crippen LogP contribution is -2.17. The molecule has 3 aromatic carbocycles. The SMILES string of the molecule is COc1ccc(C=CC(=O)c2c(O)cccc2OCc2ccc(OC(F)(F)F)cc2)cc1. The summed E-state index contributed by atoms with van der Waals surface area (Å²) in [6.45, 7) is -0.0295. The van der Waals surface area contributed by atoms with Gasteiger partial charge in [-0.15, -0.1) is 13.2 Å². The normalized spacial score (nSPS) is 11.4. The smallest absolute Gasteiger partial charge is 0.507 e. The van der Waals surface area contributed by atoms with Crippen molar-refractivity contribution in [3.63, 3.8) is 0 Å². The Bertz CT molecular complexity index is 1090. The molecule has 0 fully saturated rings. The Hall–Kier alpha value is -3.94. The van der Waals surface area contributed by atoms with Crippen molar-refractivity contribution in [2.75, 3.05) is 7.11 Å². The van der Waals surface area contributed by atoms with Crippen molar-refractivity contribution in [2.24, 2.45) is 0 Å². The molecule has 3 aromatic rings. The molecule has 0 heterocycles. The highest BCUT2D eigenvalue weighted by molar-refractivity contribution is 6.10. The predicted octanol–water partition coefficient (Wildman–Crippen LogP) is 5.77. The second-order valence-corrected chi connectivity index (χ2v) is 6.60. The van der Waals surface area contributed by atoms with Gasteiger partial charge in [-0.2, -0.15) is 0 Å². The zero-order valence-electron chi connectivity index (χ0n) is 16.9. The van der Waals surface area contributed by atoms with Crippen LogP contribution in [0.15, 0.2) is 72.8 Å². The summed E-state index contributed by atoms with van der Waals surface area (Å²) < 4.78 is 51.4. The van der Waals surface area contributed by atoms with Gasteiger partial charge in [0, 0.05) is 0 Å². The molecule has 3 rings (SSSR count). The Morgan fingerprint density at radius 1 is 0.969 bits per heavy atom. The molecule has 166 valence electrons. The molecule has 0 saturated carbocycles. The number of hydrogen-bond acceptors (Lipinski definition) is 5. The van der Waals surface area contributed by atoms with Crippen LogP contribution in [-0.2, 0) is 6.61 Å². The number of aromatic hydroxyl groups is 1. The summed E-state index contributed by atoms with van der Waals surface area (Å²) in [7, 11) is 1.55. The fraction of sp³-hybridized carbons (Fsp3) is 0.125. The standard InChI is InChI=1S/C24H19F3O5/c1-30-18-10-5-16(6-11-18)9-14-21(29)23-20(28)3-2-4-22(23)31-15-17-7-12-19(13-8-17)32-24(25,26)27/h2-14,28H,15H2,1H3. The molecule has 0 atom stereocenters. The maximum absolute atomic E-state index is 12.7. The van der Waals surface area contributed by atoms with Crippen molar-refractivity contribution in [3.05, 3.63) is 89.5 Å². The van der Waals surface area contributed by atoms with Gasteiger partial charge in [-0.25, -0.2) is 0 Å². The lowest BCUT2D eigenvalue weighted by Gasteiger charge is -2.12. The van der Waals surface area contributed by atoms with Gasteiger partial charge in [0.25, 0.3) is 0 Å². The Morgan fingerprint density at radius 3 is 2.25 bits per heavy atom. The first-order valence-corrected chi connectivity index (χ1v) is 9.41. The number of hydrogen-bond donors (Lipinski definition) is 1. The molecule has 0 bridgehead atoms. The molecule has 0 amide bonds. The number of alkyl halides is 3. The molecule has 0 unspecified atom stereocenters. The average Bonchev–Trinajstić information content (AvgIpc) is 2.76.